The lowest BCUT2D eigenvalue weighted by Crippen LogP contribution is -2.05. The molecule has 1 aliphatic heterocycles. The highest BCUT2D eigenvalue weighted by atomic mass is 16.5. The Bertz CT molecular complexity index is 852. The molecule has 2 aromatic heterocycles. The normalized spacial score (nSPS) is 16.2. The van der Waals surface area contributed by atoms with Crippen molar-refractivity contribution in [2.75, 3.05) is 0 Å². The minimum absolute atomic E-state index is 0.251. The fraction of sp³-hybridized carbons (Fsp3) is 0.389. The molecule has 0 bridgehead atoms. The molecule has 24 heavy (non-hydrogen) atoms. The average Bonchev–Trinajstić information content (AvgIpc) is 3.30. The number of hydrogen-bond donors (Lipinski definition) is 0. The topological polar surface area (TPSA) is 66.0 Å². The van der Waals surface area contributed by atoms with Crippen LogP contribution in [0, 0.1) is 0 Å². The van der Waals surface area contributed by atoms with Crippen LogP contribution in [0.25, 0.3) is 11.4 Å². The molecule has 0 radical (unpaired) electrons. The van der Waals surface area contributed by atoms with E-state index in [1.165, 1.54) is 5.56 Å². The third kappa shape index (κ3) is 2.79. The van der Waals surface area contributed by atoms with Crippen LogP contribution >= 0.6 is 0 Å². The van der Waals surface area contributed by atoms with E-state index in [9.17, 15) is 0 Å². The molecule has 1 atom stereocenters. The van der Waals surface area contributed by atoms with Crippen LogP contribution in [0.4, 0.5) is 0 Å². The van der Waals surface area contributed by atoms with E-state index in [1.54, 1.807) is 0 Å². The number of nitrogens with zero attached hydrogens (tertiary/aromatic N) is 4. The SMILES string of the molecule is CCc1nc(CCn2ccnc2-c2ccc3c(c2)C[C@@H](C)O3)no1. The highest BCUT2D eigenvalue weighted by Gasteiger charge is 2.20. The molecule has 124 valence electrons. The Balaban J connectivity index is 1.53. The summed E-state index contributed by atoms with van der Waals surface area (Å²) in [6.07, 6.45) is 6.50. The van der Waals surface area contributed by atoms with E-state index in [0.29, 0.717) is 5.89 Å². The number of fused-ring (bicyclic) bond motifs is 1. The van der Waals surface area contributed by atoms with Crippen molar-refractivity contribution in [1.29, 1.82) is 0 Å². The van der Waals surface area contributed by atoms with E-state index >= 15 is 0 Å². The summed E-state index contributed by atoms with van der Waals surface area (Å²) in [7, 11) is 0. The van der Waals surface area contributed by atoms with E-state index in [1.807, 2.05) is 25.4 Å². The van der Waals surface area contributed by atoms with Crippen molar-refractivity contribution < 1.29 is 9.26 Å². The maximum Gasteiger partial charge on any atom is 0.226 e. The van der Waals surface area contributed by atoms with Crippen molar-refractivity contribution in [2.24, 2.45) is 0 Å². The number of benzene rings is 1. The van der Waals surface area contributed by atoms with Crippen LogP contribution in [-0.2, 0) is 25.8 Å². The van der Waals surface area contributed by atoms with Gasteiger partial charge in [0.15, 0.2) is 5.82 Å². The zero-order valence-corrected chi connectivity index (χ0v) is 13.9. The Kier molecular flexibility index (Phi) is 3.80. The first-order valence-electron chi connectivity index (χ1n) is 8.35. The van der Waals surface area contributed by atoms with Crippen molar-refractivity contribution in [2.45, 2.75) is 45.8 Å². The molecule has 1 aliphatic rings. The number of hydrogen-bond acceptors (Lipinski definition) is 5. The average molecular weight is 324 g/mol. The summed E-state index contributed by atoms with van der Waals surface area (Å²) in [4.78, 5) is 8.88. The Morgan fingerprint density at radius 3 is 3.08 bits per heavy atom. The highest BCUT2D eigenvalue weighted by molar-refractivity contribution is 5.60. The lowest BCUT2D eigenvalue weighted by atomic mass is 10.1. The Morgan fingerprint density at radius 1 is 1.33 bits per heavy atom. The number of aromatic nitrogens is 4. The molecule has 4 rings (SSSR count). The second-order valence-corrected chi connectivity index (χ2v) is 6.11. The zero-order chi connectivity index (χ0) is 16.5. The van der Waals surface area contributed by atoms with E-state index in [2.05, 4.69) is 38.7 Å². The van der Waals surface area contributed by atoms with Crippen LogP contribution in [0.15, 0.2) is 35.1 Å². The van der Waals surface area contributed by atoms with Gasteiger partial charge in [-0.3, -0.25) is 0 Å². The lowest BCUT2D eigenvalue weighted by Gasteiger charge is -2.08. The molecule has 0 unspecified atom stereocenters. The second-order valence-electron chi connectivity index (χ2n) is 6.11. The van der Waals surface area contributed by atoms with Gasteiger partial charge in [-0.1, -0.05) is 12.1 Å². The fourth-order valence-corrected chi connectivity index (χ4v) is 3.07. The first kappa shape index (κ1) is 14.9. The molecule has 0 amide bonds. The van der Waals surface area contributed by atoms with Gasteiger partial charge in [-0.15, -0.1) is 0 Å². The van der Waals surface area contributed by atoms with Gasteiger partial charge in [-0.05, 0) is 30.7 Å². The minimum atomic E-state index is 0.251. The van der Waals surface area contributed by atoms with Crippen molar-refractivity contribution in [1.82, 2.24) is 19.7 Å². The molecule has 6 nitrogen and oxygen atoms in total. The standard InChI is InChI=1S/C18H20N4O2/c1-3-17-20-16(21-24-17)6-8-22-9-7-19-18(22)13-4-5-15-14(11-13)10-12(2)23-15/h4-5,7,9,11-12H,3,6,8,10H2,1-2H3/t12-/m1/s1. The van der Waals surface area contributed by atoms with Gasteiger partial charge >= 0.3 is 0 Å². The number of rotatable bonds is 5. The van der Waals surface area contributed by atoms with Gasteiger partial charge in [-0.25, -0.2) is 4.98 Å². The van der Waals surface area contributed by atoms with Gasteiger partial charge in [-0.2, -0.15) is 4.98 Å². The molecular formula is C18H20N4O2. The van der Waals surface area contributed by atoms with E-state index < -0.39 is 0 Å². The van der Waals surface area contributed by atoms with Gasteiger partial charge in [0.05, 0.1) is 0 Å². The van der Waals surface area contributed by atoms with E-state index in [-0.39, 0.29) is 6.10 Å². The molecule has 0 fully saturated rings. The predicted octanol–water partition coefficient (Wildman–Crippen LogP) is 3.06. The largest absolute Gasteiger partial charge is 0.490 e. The van der Waals surface area contributed by atoms with Crippen LogP contribution in [0.1, 0.15) is 31.1 Å². The fourth-order valence-electron chi connectivity index (χ4n) is 3.07. The molecule has 0 N–H and O–H groups in total. The summed E-state index contributed by atoms with van der Waals surface area (Å²) >= 11 is 0. The zero-order valence-electron chi connectivity index (χ0n) is 13.9. The van der Waals surface area contributed by atoms with Crippen LogP contribution in [0.3, 0.4) is 0 Å². The van der Waals surface area contributed by atoms with E-state index in [0.717, 1.165) is 48.8 Å². The summed E-state index contributed by atoms with van der Waals surface area (Å²) in [6, 6.07) is 6.29. The van der Waals surface area contributed by atoms with Crippen molar-refractivity contribution in [3.63, 3.8) is 0 Å². The van der Waals surface area contributed by atoms with Gasteiger partial charge in [0.25, 0.3) is 0 Å². The predicted molar refractivity (Wildman–Crippen MR) is 88.8 cm³/mol. The maximum atomic E-state index is 5.77. The summed E-state index contributed by atoms with van der Waals surface area (Å²) in [6.45, 7) is 4.86. The summed E-state index contributed by atoms with van der Waals surface area (Å²) in [5.41, 5.74) is 2.36. The molecule has 6 heteroatoms. The summed E-state index contributed by atoms with van der Waals surface area (Å²) < 4.78 is 13.1. The second kappa shape index (κ2) is 6.11. The van der Waals surface area contributed by atoms with Gasteiger partial charge in [0, 0.05) is 43.8 Å². The Morgan fingerprint density at radius 2 is 2.25 bits per heavy atom. The highest BCUT2D eigenvalue weighted by Crippen LogP contribution is 2.32. The molecular weight excluding hydrogens is 304 g/mol. The lowest BCUT2D eigenvalue weighted by molar-refractivity contribution is 0.254. The van der Waals surface area contributed by atoms with Crippen molar-refractivity contribution >= 4 is 0 Å². The molecule has 0 saturated heterocycles. The number of ether oxygens (including phenoxy) is 1. The number of aryl methyl sites for hydroxylation is 3. The Labute approximate surface area is 140 Å². The minimum Gasteiger partial charge on any atom is -0.490 e. The molecule has 3 aromatic rings. The summed E-state index contributed by atoms with van der Waals surface area (Å²) in [5.74, 6) is 3.37. The van der Waals surface area contributed by atoms with Crippen LogP contribution in [0.5, 0.6) is 5.75 Å². The third-order valence-corrected chi connectivity index (χ3v) is 4.26. The van der Waals surface area contributed by atoms with Crippen molar-refractivity contribution in [3.8, 4) is 17.1 Å². The third-order valence-electron chi connectivity index (χ3n) is 4.26. The van der Waals surface area contributed by atoms with Gasteiger partial charge in [0.2, 0.25) is 5.89 Å². The van der Waals surface area contributed by atoms with Crippen molar-refractivity contribution in [3.05, 3.63) is 47.9 Å². The molecule has 0 spiro atoms. The van der Waals surface area contributed by atoms with Crippen LogP contribution in [-0.4, -0.2) is 25.8 Å². The monoisotopic (exact) mass is 324 g/mol. The molecule has 0 saturated carbocycles. The van der Waals surface area contributed by atoms with E-state index in [4.69, 9.17) is 9.26 Å². The maximum absolute atomic E-state index is 5.77. The molecule has 3 heterocycles. The summed E-state index contributed by atoms with van der Waals surface area (Å²) in [5, 5.41) is 4.01. The van der Waals surface area contributed by atoms with Gasteiger partial charge in [0.1, 0.15) is 17.7 Å². The molecule has 1 aromatic carbocycles. The Hall–Kier alpha value is -2.63. The smallest absolute Gasteiger partial charge is 0.226 e. The first-order chi connectivity index (χ1) is 11.7. The number of imidazole rings is 1. The van der Waals surface area contributed by atoms with Crippen LogP contribution < -0.4 is 4.74 Å². The first-order valence-corrected chi connectivity index (χ1v) is 8.35. The van der Waals surface area contributed by atoms with Crippen LogP contribution in [0.2, 0.25) is 0 Å². The van der Waals surface area contributed by atoms with Gasteiger partial charge < -0.3 is 13.8 Å². The quantitative estimate of drug-likeness (QED) is 0.721. The molecule has 0 aliphatic carbocycles.